The van der Waals surface area contributed by atoms with Crippen LogP contribution in [-0.2, 0) is 9.47 Å². The van der Waals surface area contributed by atoms with Gasteiger partial charge >= 0.3 is 0 Å². The van der Waals surface area contributed by atoms with Crippen LogP contribution in [0, 0.1) is 5.82 Å². The molecule has 0 radical (unpaired) electrons. The van der Waals surface area contributed by atoms with Crippen molar-refractivity contribution in [1.82, 2.24) is 0 Å². The van der Waals surface area contributed by atoms with Crippen molar-refractivity contribution in [1.29, 1.82) is 0 Å². The van der Waals surface area contributed by atoms with Gasteiger partial charge in [-0.2, -0.15) is 0 Å². The third kappa shape index (κ3) is 2.96. The van der Waals surface area contributed by atoms with E-state index in [1.54, 1.807) is 6.07 Å². The average Bonchev–Trinajstić information content (AvgIpc) is 2.41. The molecule has 1 saturated heterocycles. The summed E-state index contributed by atoms with van der Waals surface area (Å²) in [5.41, 5.74) is 0.683. The van der Waals surface area contributed by atoms with Gasteiger partial charge in [-0.1, -0.05) is 0 Å². The number of benzene rings is 1. The van der Waals surface area contributed by atoms with Gasteiger partial charge in [0.15, 0.2) is 0 Å². The van der Waals surface area contributed by atoms with Crippen molar-refractivity contribution >= 4 is 27.5 Å². The normalized spacial score (nSPS) is 21.7. The molecule has 1 fully saturated rings. The standard InChI is InChI=1S/C12H13BrClFO3/c1-16-10-5-9(15)8(13)4-7(10)12(14)11-6-17-2-3-18-11/h4-5,11-12H,2-3,6H2,1H3. The number of methoxy groups -OCH3 is 1. The molecular formula is C12H13BrClFO3. The predicted molar refractivity (Wildman–Crippen MR) is 69.8 cm³/mol. The summed E-state index contributed by atoms with van der Waals surface area (Å²) in [6, 6.07) is 2.92. The van der Waals surface area contributed by atoms with Crippen LogP contribution in [0.2, 0.25) is 0 Å². The molecule has 2 unspecified atom stereocenters. The van der Waals surface area contributed by atoms with E-state index in [1.165, 1.54) is 13.2 Å². The van der Waals surface area contributed by atoms with E-state index in [-0.39, 0.29) is 11.9 Å². The number of halogens is 3. The Kier molecular flexibility index (Phi) is 4.84. The molecule has 0 aromatic heterocycles. The molecule has 100 valence electrons. The molecule has 6 heteroatoms. The second-order valence-electron chi connectivity index (χ2n) is 3.89. The minimum atomic E-state index is -0.447. The van der Waals surface area contributed by atoms with E-state index in [9.17, 15) is 4.39 Å². The lowest BCUT2D eigenvalue weighted by atomic mass is 10.1. The smallest absolute Gasteiger partial charge is 0.141 e. The fourth-order valence-corrected chi connectivity index (χ4v) is 2.49. The van der Waals surface area contributed by atoms with Crippen LogP contribution in [0.5, 0.6) is 5.75 Å². The lowest BCUT2D eigenvalue weighted by Gasteiger charge is -2.27. The van der Waals surface area contributed by atoms with Crippen LogP contribution in [-0.4, -0.2) is 33.0 Å². The van der Waals surface area contributed by atoms with E-state index in [0.29, 0.717) is 35.6 Å². The lowest BCUT2D eigenvalue weighted by Crippen LogP contribution is -2.32. The van der Waals surface area contributed by atoms with Gasteiger partial charge in [-0.15, -0.1) is 11.6 Å². The van der Waals surface area contributed by atoms with Crippen molar-refractivity contribution in [2.75, 3.05) is 26.9 Å². The first-order valence-corrected chi connectivity index (χ1v) is 6.72. The Labute approximate surface area is 118 Å². The maximum absolute atomic E-state index is 13.4. The van der Waals surface area contributed by atoms with Gasteiger partial charge in [0.25, 0.3) is 0 Å². The highest BCUT2D eigenvalue weighted by Crippen LogP contribution is 2.37. The van der Waals surface area contributed by atoms with Crippen molar-refractivity contribution in [3.05, 3.63) is 28.0 Å². The molecule has 0 amide bonds. The quantitative estimate of drug-likeness (QED) is 0.791. The Morgan fingerprint density at radius 2 is 2.28 bits per heavy atom. The summed E-state index contributed by atoms with van der Waals surface area (Å²) < 4.78 is 29.8. The minimum absolute atomic E-state index is 0.258. The van der Waals surface area contributed by atoms with E-state index < -0.39 is 5.38 Å². The highest BCUT2D eigenvalue weighted by Gasteiger charge is 2.28. The summed E-state index contributed by atoms with van der Waals surface area (Å²) in [6.07, 6.45) is -0.258. The van der Waals surface area contributed by atoms with Crippen molar-refractivity contribution in [2.24, 2.45) is 0 Å². The zero-order chi connectivity index (χ0) is 13.1. The Balaban J connectivity index is 2.27. The van der Waals surface area contributed by atoms with E-state index in [1.807, 2.05) is 0 Å². The molecule has 1 aromatic carbocycles. The SMILES string of the molecule is COc1cc(F)c(Br)cc1C(Cl)C1COCCO1. The molecule has 0 spiro atoms. The maximum atomic E-state index is 13.4. The molecular weight excluding hydrogens is 326 g/mol. The van der Waals surface area contributed by atoms with Gasteiger partial charge in [0.05, 0.1) is 36.8 Å². The second-order valence-corrected chi connectivity index (χ2v) is 5.22. The molecule has 0 N–H and O–H groups in total. The Bertz CT molecular complexity index is 424. The van der Waals surface area contributed by atoms with Crippen LogP contribution in [0.4, 0.5) is 4.39 Å². The molecule has 3 nitrogen and oxygen atoms in total. The number of hydrogen-bond donors (Lipinski definition) is 0. The van der Waals surface area contributed by atoms with Gasteiger partial charge in [-0.05, 0) is 22.0 Å². The van der Waals surface area contributed by atoms with E-state index in [2.05, 4.69) is 15.9 Å². The van der Waals surface area contributed by atoms with Crippen LogP contribution in [0.3, 0.4) is 0 Å². The molecule has 0 aliphatic carbocycles. The molecule has 1 aliphatic heterocycles. The second kappa shape index (κ2) is 6.19. The van der Waals surface area contributed by atoms with E-state index in [0.717, 1.165) is 0 Å². The van der Waals surface area contributed by atoms with Gasteiger partial charge in [0.1, 0.15) is 17.7 Å². The zero-order valence-corrected chi connectivity index (χ0v) is 12.1. The Hall–Kier alpha value is -0.360. The van der Waals surface area contributed by atoms with Crippen LogP contribution >= 0.6 is 27.5 Å². The van der Waals surface area contributed by atoms with Crippen molar-refractivity contribution < 1.29 is 18.6 Å². The number of rotatable bonds is 3. The highest BCUT2D eigenvalue weighted by atomic mass is 79.9. The first-order chi connectivity index (χ1) is 8.63. The Morgan fingerprint density at radius 3 is 2.89 bits per heavy atom. The number of hydrogen-bond acceptors (Lipinski definition) is 3. The molecule has 1 aromatic rings. The van der Waals surface area contributed by atoms with Gasteiger partial charge in [0.2, 0.25) is 0 Å². The third-order valence-corrected chi connectivity index (χ3v) is 3.86. The highest BCUT2D eigenvalue weighted by molar-refractivity contribution is 9.10. The minimum Gasteiger partial charge on any atom is -0.496 e. The van der Waals surface area contributed by atoms with Gasteiger partial charge in [0, 0.05) is 11.6 Å². The van der Waals surface area contributed by atoms with Gasteiger partial charge < -0.3 is 14.2 Å². The summed E-state index contributed by atoms with van der Waals surface area (Å²) in [7, 11) is 1.48. The fraction of sp³-hybridized carbons (Fsp3) is 0.500. The summed E-state index contributed by atoms with van der Waals surface area (Å²) in [4.78, 5) is 0. The Morgan fingerprint density at radius 1 is 1.50 bits per heavy atom. The summed E-state index contributed by atoms with van der Waals surface area (Å²) in [6.45, 7) is 1.51. The largest absolute Gasteiger partial charge is 0.496 e. The molecule has 0 saturated carbocycles. The topological polar surface area (TPSA) is 27.7 Å². The zero-order valence-electron chi connectivity index (χ0n) is 9.79. The fourth-order valence-electron chi connectivity index (χ4n) is 1.81. The van der Waals surface area contributed by atoms with Crippen molar-refractivity contribution in [2.45, 2.75) is 11.5 Å². The van der Waals surface area contributed by atoms with Gasteiger partial charge in [-0.25, -0.2) is 4.39 Å². The van der Waals surface area contributed by atoms with Crippen LogP contribution in [0.15, 0.2) is 16.6 Å². The maximum Gasteiger partial charge on any atom is 0.141 e. The van der Waals surface area contributed by atoms with Crippen LogP contribution in [0.25, 0.3) is 0 Å². The lowest BCUT2D eigenvalue weighted by molar-refractivity contribution is -0.0893. The number of ether oxygens (including phenoxy) is 3. The molecule has 1 heterocycles. The first kappa shape index (κ1) is 14.1. The summed E-state index contributed by atoms with van der Waals surface area (Å²) in [5, 5.41) is -0.447. The first-order valence-electron chi connectivity index (χ1n) is 5.50. The molecule has 2 atom stereocenters. The predicted octanol–water partition coefficient (Wildman–Crippen LogP) is 3.29. The molecule has 0 bridgehead atoms. The van der Waals surface area contributed by atoms with Crippen LogP contribution < -0.4 is 4.74 Å². The molecule has 1 aliphatic rings. The average molecular weight is 340 g/mol. The third-order valence-electron chi connectivity index (χ3n) is 2.74. The monoisotopic (exact) mass is 338 g/mol. The van der Waals surface area contributed by atoms with Crippen molar-refractivity contribution in [3.8, 4) is 5.75 Å². The van der Waals surface area contributed by atoms with Crippen molar-refractivity contribution in [3.63, 3.8) is 0 Å². The van der Waals surface area contributed by atoms with E-state index >= 15 is 0 Å². The molecule has 18 heavy (non-hydrogen) atoms. The van der Waals surface area contributed by atoms with Gasteiger partial charge in [-0.3, -0.25) is 0 Å². The molecule has 2 rings (SSSR count). The van der Waals surface area contributed by atoms with E-state index in [4.69, 9.17) is 25.8 Å². The summed E-state index contributed by atoms with van der Waals surface area (Å²) in [5.74, 6) is 0.0187. The van der Waals surface area contributed by atoms with Crippen LogP contribution in [0.1, 0.15) is 10.9 Å². The summed E-state index contributed by atoms with van der Waals surface area (Å²) >= 11 is 9.51. The number of alkyl halides is 1.